The van der Waals surface area contributed by atoms with Gasteiger partial charge in [0.25, 0.3) is 5.91 Å². The van der Waals surface area contributed by atoms with Crippen molar-refractivity contribution in [2.75, 3.05) is 27.2 Å². The number of rotatable bonds is 6. The third kappa shape index (κ3) is 4.13. The maximum atomic E-state index is 12.3. The Bertz CT molecular complexity index is 939. The largest absolute Gasteiger partial charge is 0.493 e. The minimum atomic E-state index is -3.53. The third-order valence-corrected chi connectivity index (χ3v) is 6.28. The molecule has 2 aromatic rings. The second-order valence-corrected chi connectivity index (χ2v) is 8.66. The number of fused-ring (bicyclic) bond motifs is 1. The summed E-state index contributed by atoms with van der Waals surface area (Å²) in [5.41, 5.74) is 2.09. The van der Waals surface area contributed by atoms with E-state index >= 15 is 0 Å². The molecule has 0 saturated heterocycles. The number of hydrogen-bond acceptors (Lipinski definition) is 5. The molecule has 7 nitrogen and oxygen atoms in total. The second-order valence-electron chi connectivity index (χ2n) is 6.50. The Hall–Kier alpha value is -2.42. The van der Waals surface area contributed by atoms with Crippen molar-refractivity contribution in [1.29, 1.82) is 0 Å². The van der Waals surface area contributed by atoms with E-state index < -0.39 is 16.1 Å². The number of aliphatic hydroxyl groups excluding tert-OH is 1. The van der Waals surface area contributed by atoms with Crippen molar-refractivity contribution in [2.24, 2.45) is 0 Å². The van der Waals surface area contributed by atoms with Crippen molar-refractivity contribution in [3.8, 4) is 5.75 Å². The third-order valence-electron chi connectivity index (χ3n) is 4.45. The lowest BCUT2D eigenvalue weighted by molar-refractivity contribution is 0.0916. The Morgan fingerprint density at radius 1 is 1.22 bits per heavy atom. The highest BCUT2D eigenvalue weighted by Crippen LogP contribution is 2.28. The zero-order valence-electron chi connectivity index (χ0n) is 15.2. The first kappa shape index (κ1) is 19.3. The summed E-state index contributed by atoms with van der Waals surface area (Å²) in [6, 6.07) is 11.2. The van der Waals surface area contributed by atoms with Crippen LogP contribution in [-0.4, -0.2) is 51.0 Å². The number of sulfonamides is 1. The van der Waals surface area contributed by atoms with Crippen LogP contribution in [0.2, 0.25) is 0 Å². The predicted octanol–water partition coefficient (Wildman–Crippen LogP) is 1.34. The molecular weight excluding hydrogens is 368 g/mol. The topological polar surface area (TPSA) is 95.9 Å². The molecule has 1 aliphatic heterocycles. The minimum absolute atomic E-state index is 0.0518. The number of benzene rings is 2. The van der Waals surface area contributed by atoms with Crippen LogP contribution in [-0.2, 0) is 16.4 Å². The van der Waals surface area contributed by atoms with E-state index in [9.17, 15) is 18.3 Å². The Morgan fingerprint density at radius 2 is 1.93 bits per heavy atom. The molecule has 1 atom stereocenters. The highest BCUT2D eigenvalue weighted by molar-refractivity contribution is 7.89. The molecule has 0 fully saturated rings. The van der Waals surface area contributed by atoms with E-state index in [2.05, 4.69) is 5.32 Å². The van der Waals surface area contributed by atoms with Gasteiger partial charge in [0.05, 0.1) is 17.6 Å². The molecule has 8 heteroatoms. The average Bonchev–Trinajstić information content (AvgIpc) is 3.13. The summed E-state index contributed by atoms with van der Waals surface area (Å²) < 4.78 is 30.6. The molecule has 1 amide bonds. The molecule has 0 radical (unpaired) electrons. The van der Waals surface area contributed by atoms with E-state index in [0.29, 0.717) is 17.7 Å². The maximum Gasteiger partial charge on any atom is 0.251 e. The van der Waals surface area contributed by atoms with Gasteiger partial charge in [0.2, 0.25) is 10.0 Å². The molecule has 1 unspecified atom stereocenters. The van der Waals surface area contributed by atoms with Gasteiger partial charge < -0.3 is 15.2 Å². The lowest BCUT2D eigenvalue weighted by Crippen LogP contribution is -2.28. The molecule has 144 valence electrons. The normalized spacial score (nSPS) is 14.5. The van der Waals surface area contributed by atoms with Crippen LogP contribution in [0.4, 0.5) is 0 Å². The van der Waals surface area contributed by atoms with Gasteiger partial charge in [-0.05, 0) is 47.5 Å². The van der Waals surface area contributed by atoms with Crippen LogP contribution >= 0.6 is 0 Å². The Kier molecular flexibility index (Phi) is 5.50. The first-order chi connectivity index (χ1) is 12.8. The van der Waals surface area contributed by atoms with E-state index in [-0.39, 0.29) is 17.3 Å². The van der Waals surface area contributed by atoms with Crippen LogP contribution in [0.1, 0.15) is 27.6 Å². The molecule has 0 aromatic heterocycles. The number of carbonyl (C=O) groups is 1. The predicted molar refractivity (Wildman–Crippen MR) is 100 cm³/mol. The Labute approximate surface area is 158 Å². The van der Waals surface area contributed by atoms with Crippen LogP contribution in [0.5, 0.6) is 5.75 Å². The van der Waals surface area contributed by atoms with Gasteiger partial charge >= 0.3 is 0 Å². The molecule has 1 heterocycles. The SMILES string of the molecule is CN(C)S(=O)(=O)c1ccc(C(=O)NCC(O)c2ccc3c(c2)CCO3)cc1. The first-order valence-electron chi connectivity index (χ1n) is 8.53. The van der Waals surface area contributed by atoms with Crippen molar-refractivity contribution in [2.45, 2.75) is 17.4 Å². The zero-order chi connectivity index (χ0) is 19.6. The average molecular weight is 390 g/mol. The van der Waals surface area contributed by atoms with E-state index in [0.717, 1.165) is 22.0 Å². The van der Waals surface area contributed by atoms with Gasteiger partial charge in [0, 0.05) is 32.6 Å². The molecule has 27 heavy (non-hydrogen) atoms. The van der Waals surface area contributed by atoms with Gasteiger partial charge in [0.15, 0.2) is 0 Å². The van der Waals surface area contributed by atoms with E-state index in [1.54, 1.807) is 6.07 Å². The smallest absolute Gasteiger partial charge is 0.251 e. The molecule has 0 bridgehead atoms. The summed E-state index contributed by atoms with van der Waals surface area (Å²) in [5, 5.41) is 13.0. The number of amides is 1. The molecule has 3 rings (SSSR count). The highest BCUT2D eigenvalue weighted by atomic mass is 32.2. The van der Waals surface area contributed by atoms with Gasteiger partial charge in [-0.15, -0.1) is 0 Å². The fourth-order valence-electron chi connectivity index (χ4n) is 2.81. The Morgan fingerprint density at radius 3 is 2.59 bits per heavy atom. The monoisotopic (exact) mass is 390 g/mol. The van der Waals surface area contributed by atoms with Crippen LogP contribution < -0.4 is 10.1 Å². The minimum Gasteiger partial charge on any atom is -0.493 e. The van der Waals surface area contributed by atoms with Gasteiger partial charge in [-0.2, -0.15) is 0 Å². The number of carbonyl (C=O) groups excluding carboxylic acids is 1. The summed E-state index contributed by atoms with van der Waals surface area (Å²) in [4.78, 5) is 12.4. The highest BCUT2D eigenvalue weighted by Gasteiger charge is 2.19. The van der Waals surface area contributed by atoms with Gasteiger partial charge in [-0.1, -0.05) is 6.07 Å². The fraction of sp³-hybridized carbons (Fsp3) is 0.316. The fourth-order valence-corrected chi connectivity index (χ4v) is 3.71. The number of ether oxygens (including phenoxy) is 1. The molecule has 2 aromatic carbocycles. The van der Waals surface area contributed by atoms with Crippen LogP contribution in [0, 0.1) is 0 Å². The number of aliphatic hydroxyl groups is 1. The maximum absolute atomic E-state index is 12.3. The van der Waals surface area contributed by atoms with Crippen molar-refractivity contribution >= 4 is 15.9 Å². The van der Waals surface area contributed by atoms with E-state index in [1.165, 1.54) is 38.4 Å². The van der Waals surface area contributed by atoms with Crippen molar-refractivity contribution in [3.05, 3.63) is 59.2 Å². The van der Waals surface area contributed by atoms with Gasteiger partial charge in [-0.3, -0.25) is 4.79 Å². The number of nitrogens with one attached hydrogen (secondary N) is 1. The van der Waals surface area contributed by atoms with Crippen LogP contribution in [0.15, 0.2) is 47.4 Å². The summed E-state index contributed by atoms with van der Waals surface area (Å²) >= 11 is 0. The van der Waals surface area contributed by atoms with Gasteiger partial charge in [0.1, 0.15) is 5.75 Å². The first-order valence-corrected chi connectivity index (χ1v) is 9.97. The molecule has 0 aliphatic carbocycles. The van der Waals surface area contributed by atoms with E-state index in [1.807, 2.05) is 12.1 Å². The van der Waals surface area contributed by atoms with E-state index in [4.69, 9.17) is 4.74 Å². The zero-order valence-corrected chi connectivity index (χ0v) is 16.0. The summed E-state index contributed by atoms with van der Waals surface area (Å²) in [7, 11) is -0.641. The second kappa shape index (κ2) is 7.67. The molecule has 0 spiro atoms. The summed E-state index contributed by atoms with van der Waals surface area (Å²) in [5.74, 6) is 0.454. The summed E-state index contributed by atoms with van der Waals surface area (Å²) in [6.45, 7) is 0.696. The van der Waals surface area contributed by atoms with Crippen LogP contribution in [0.25, 0.3) is 0 Å². The number of nitrogens with zero attached hydrogens (tertiary/aromatic N) is 1. The van der Waals surface area contributed by atoms with Gasteiger partial charge in [-0.25, -0.2) is 12.7 Å². The van der Waals surface area contributed by atoms with Crippen molar-refractivity contribution < 1.29 is 23.1 Å². The van der Waals surface area contributed by atoms with Crippen molar-refractivity contribution in [3.63, 3.8) is 0 Å². The quantitative estimate of drug-likeness (QED) is 0.776. The Balaban J connectivity index is 1.62. The lowest BCUT2D eigenvalue weighted by Gasteiger charge is -2.14. The number of hydrogen-bond donors (Lipinski definition) is 2. The van der Waals surface area contributed by atoms with Crippen molar-refractivity contribution in [1.82, 2.24) is 9.62 Å². The lowest BCUT2D eigenvalue weighted by atomic mass is 10.0. The standard InChI is InChI=1S/C19H22N2O5S/c1-21(2)27(24,25)16-6-3-13(4-7-16)19(23)20-12-17(22)14-5-8-18-15(11-14)9-10-26-18/h3-8,11,17,22H,9-10,12H2,1-2H3,(H,20,23). The summed E-state index contributed by atoms with van der Waals surface area (Å²) in [6.07, 6.45) is -0.0296. The van der Waals surface area contributed by atoms with Crippen LogP contribution in [0.3, 0.4) is 0 Å². The molecular formula is C19H22N2O5S. The molecule has 2 N–H and O–H groups in total. The molecule has 1 aliphatic rings. The molecule has 0 saturated carbocycles.